The molecule has 2 N–H and O–H groups in total. The molecule has 9 heteroatoms. The van der Waals surface area contributed by atoms with E-state index in [1.54, 1.807) is 62.6 Å². The molecule has 0 spiro atoms. The lowest BCUT2D eigenvalue weighted by atomic mass is 9.81. The molecule has 0 bridgehead atoms. The van der Waals surface area contributed by atoms with Gasteiger partial charge in [-0.3, -0.25) is 4.79 Å². The average molecular weight is 560 g/mol. The summed E-state index contributed by atoms with van der Waals surface area (Å²) in [5.41, 5.74) is 3.22. The predicted octanol–water partition coefficient (Wildman–Crippen LogP) is 6.12. The van der Waals surface area contributed by atoms with Gasteiger partial charge in [0.25, 0.3) is 0 Å². The van der Waals surface area contributed by atoms with E-state index in [1.165, 1.54) is 11.8 Å². The van der Waals surface area contributed by atoms with Gasteiger partial charge in [-0.2, -0.15) is 5.26 Å². The molecule has 3 aromatic rings. The summed E-state index contributed by atoms with van der Waals surface area (Å²) in [7, 11) is 1.57. The standard InChI is InChI=1S/C30H26ClN3O4S/c1-3-38-30(36)27-26(19-9-11-21(31)12-10-19)24(17-32)29(34-28(27)20-7-5-4-6-8-20)39-18-25(35)33-22-13-15-23(37-2)16-14-22/h4-16,26,34H,3,18H2,1-2H3,(H,33,35)/t26-/m1/s1. The molecule has 0 aliphatic carbocycles. The zero-order valence-corrected chi connectivity index (χ0v) is 22.9. The van der Waals surface area contributed by atoms with Crippen LogP contribution in [0.15, 0.2) is 95.0 Å². The van der Waals surface area contributed by atoms with Crippen LogP contribution < -0.4 is 15.4 Å². The van der Waals surface area contributed by atoms with Crippen LogP contribution in [0, 0.1) is 11.3 Å². The number of hydrogen-bond acceptors (Lipinski definition) is 7. The molecule has 1 aliphatic heterocycles. The van der Waals surface area contributed by atoms with Gasteiger partial charge in [0.2, 0.25) is 5.91 Å². The molecule has 0 radical (unpaired) electrons. The number of anilines is 1. The third-order valence-electron chi connectivity index (χ3n) is 5.93. The number of hydrogen-bond donors (Lipinski definition) is 2. The molecule has 0 fully saturated rings. The second-order valence-electron chi connectivity index (χ2n) is 8.40. The third kappa shape index (κ3) is 6.63. The summed E-state index contributed by atoms with van der Waals surface area (Å²) in [6, 6.07) is 25.6. The number of carbonyl (C=O) groups is 2. The van der Waals surface area contributed by atoms with Crippen LogP contribution in [0.5, 0.6) is 5.75 Å². The molecule has 0 saturated heterocycles. The molecule has 3 aromatic carbocycles. The highest BCUT2D eigenvalue weighted by molar-refractivity contribution is 8.03. The Morgan fingerprint density at radius 3 is 2.36 bits per heavy atom. The number of halogens is 1. The van der Waals surface area contributed by atoms with E-state index in [1.807, 2.05) is 30.3 Å². The van der Waals surface area contributed by atoms with Crippen LogP contribution in [0.4, 0.5) is 5.69 Å². The van der Waals surface area contributed by atoms with E-state index in [-0.39, 0.29) is 18.3 Å². The van der Waals surface area contributed by atoms with Crippen molar-refractivity contribution in [1.29, 1.82) is 5.26 Å². The van der Waals surface area contributed by atoms with Crippen LogP contribution in [0.1, 0.15) is 24.0 Å². The van der Waals surface area contributed by atoms with Gasteiger partial charge in [-0.15, -0.1) is 0 Å². The Balaban J connectivity index is 1.72. The first-order valence-corrected chi connectivity index (χ1v) is 13.5. The fraction of sp³-hybridized carbons (Fsp3) is 0.167. The van der Waals surface area contributed by atoms with Crippen molar-refractivity contribution in [3.63, 3.8) is 0 Å². The highest BCUT2D eigenvalue weighted by atomic mass is 35.5. The lowest BCUT2D eigenvalue weighted by Gasteiger charge is -2.30. The molecule has 7 nitrogen and oxygen atoms in total. The number of ether oxygens (including phenoxy) is 2. The Hall–Kier alpha value is -4.19. The highest BCUT2D eigenvalue weighted by Crippen LogP contribution is 2.43. The normalized spacial score (nSPS) is 14.8. The van der Waals surface area contributed by atoms with Gasteiger partial charge >= 0.3 is 5.97 Å². The maximum atomic E-state index is 13.4. The second kappa shape index (κ2) is 13.1. The third-order valence-corrected chi connectivity index (χ3v) is 7.20. The fourth-order valence-electron chi connectivity index (χ4n) is 4.16. The SMILES string of the molecule is CCOC(=O)C1=C(c2ccccc2)NC(SCC(=O)Nc2ccc(OC)cc2)=C(C#N)[C@H]1c1ccc(Cl)cc1. The van der Waals surface area contributed by atoms with Crippen molar-refractivity contribution in [3.05, 3.63) is 111 Å². The molecule has 1 atom stereocenters. The molecule has 198 valence electrons. The smallest absolute Gasteiger partial charge is 0.337 e. The fourth-order valence-corrected chi connectivity index (χ4v) is 5.12. The molecule has 1 amide bonds. The van der Waals surface area contributed by atoms with Gasteiger partial charge in [0.1, 0.15) is 5.75 Å². The van der Waals surface area contributed by atoms with Gasteiger partial charge in [0, 0.05) is 10.7 Å². The van der Waals surface area contributed by atoms with Gasteiger partial charge in [0.05, 0.1) is 53.3 Å². The minimum absolute atomic E-state index is 0.0314. The number of nitrogens with one attached hydrogen (secondary N) is 2. The zero-order chi connectivity index (χ0) is 27.8. The average Bonchev–Trinajstić information content (AvgIpc) is 2.96. The molecule has 0 aromatic heterocycles. The highest BCUT2D eigenvalue weighted by Gasteiger charge is 2.37. The molecular formula is C30H26ClN3O4S. The van der Waals surface area contributed by atoms with Crippen LogP contribution in [-0.4, -0.2) is 31.3 Å². The second-order valence-corrected chi connectivity index (χ2v) is 9.83. The first kappa shape index (κ1) is 27.8. The van der Waals surface area contributed by atoms with Gasteiger partial charge < -0.3 is 20.1 Å². The van der Waals surface area contributed by atoms with Crippen molar-refractivity contribution >= 4 is 46.6 Å². The number of nitrogens with zero attached hydrogens (tertiary/aromatic N) is 1. The van der Waals surface area contributed by atoms with Crippen LogP contribution in [-0.2, 0) is 14.3 Å². The number of allylic oxidation sites excluding steroid dienone is 1. The summed E-state index contributed by atoms with van der Waals surface area (Å²) in [6.07, 6.45) is 0. The maximum Gasteiger partial charge on any atom is 0.337 e. The van der Waals surface area contributed by atoms with Crippen LogP contribution >= 0.6 is 23.4 Å². The summed E-state index contributed by atoms with van der Waals surface area (Å²) in [5, 5.41) is 17.5. The van der Waals surface area contributed by atoms with E-state index in [4.69, 9.17) is 21.1 Å². The van der Waals surface area contributed by atoms with E-state index < -0.39 is 11.9 Å². The Kier molecular flexibility index (Phi) is 9.31. The van der Waals surface area contributed by atoms with Crippen molar-refractivity contribution < 1.29 is 19.1 Å². The van der Waals surface area contributed by atoms with Crippen molar-refractivity contribution in [3.8, 4) is 11.8 Å². The minimum Gasteiger partial charge on any atom is -0.497 e. The molecule has 0 saturated carbocycles. The van der Waals surface area contributed by atoms with Gasteiger partial charge in [0.15, 0.2) is 0 Å². The quantitative estimate of drug-likeness (QED) is 0.305. The summed E-state index contributed by atoms with van der Waals surface area (Å²) < 4.78 is 10.6. The Bertz CT molecular complexity index is 1450. The summed E-state index contributed by atoms with van der Waals surface area (Å²) in [6.45, 7) is 1.91. The Morgan fingerprint density at radius 2 is 1.74 bits per heavy atom. The molecular weight excluding hydrogens is 534 g/mol. The number of carbonyl (C=O) groups excluding carboxylic acids is 2. The first-order valence-electron chi connectivity index (χ1n) is 12.1. The first-order chi connectivity index (χ1) is 18.9. The molecule has 39 heavy (non-hydrogen) atoms. The lowest BCUT2D eigenvalue weighted by molar-refractivity contribution is -0.138. The number of amides is 1. The van der Waals surface area contributed by atoms with E-state index in [2.05, 4.69) is 16.7 Å². The molecule has 0 unspecified atom stereocenters. The summed E-state index contributed by atoms with van der Waals surface area (Å²) >= 11 is 7.33. The number of thioether (sulfide) groups is 1. The molecule has 1 heterocycles. The number of nitriles is 1. The number of methoxy groups -OCH3 is 1. The van der Waals surface area contributed by atoms with Crippen molar-refractivity contribution in [2.75, 3.05) is 24.8 Å². The van der Waals surface area contributed by atoms with E-state index in [9.17, 15) is 14.9 Å². The Labute approximate surface area is 236 Å². The maximum absolute atomic E-state index is 13.4. The number of rotatable bonds is 9. The predicted molar refractivity (Wildman–Crippen MR) is 154 cm³/mol. The van der Waals surface area contributed by atoms with Gasteiger partial charge in [-0.05, 0) is 54.4 Å². The van der Waals surface area contributed by atoms with E-state index in [0.717, 1.165) is 5.56 Å². The van der Waals surface area contributed by atoms with Gasteiger partial charge in [-0.25, -0.2) is 4.79 Å². The van der Waals surface area contributed by atoms with Crippen molar-refractivity contribution in [2.45, 2.75) is 12.8 Å². The monoisotopic (exact) mass is 559 g/mol. The zero-order valence-electron chi connectivity index (χ0n) is 21.4. The largest absolute Gasteiger partial charge is 0.497 e. The number of benzene rings is 3. The van der Waals surface area contributed by atoms with Crippen LogP contribution in [0.3, 0.4) is 0 Å². The van der Waals surface area contributed by atoms with Crippen molar-refractivity contribution in [1.82, 2.24) is 5.32 Å². The number of esters is 1. The van der Waals surface area contributed by atoms with E-state index >= 15 is 0 Å². The topological polar surface area (TPSA) is 100 Å². The lowest BCUT2D eigenvalue weighted by Crippen LogP contribution is -2.29. The summed E-state index contributed by atoms with van der Waals surface area (Å²) in [5.74, 6) is -0.790. The minimum atomic E-state index is -0.727. The van der Waals surface area contributed by atoms with Gasteiger partial charge in [-0.1, -0.05) is 65.8 Å². The molecule has 1 aliphatic rings. The number of dihydropyridines is 1. The van der Waals surface area contributed by atoms with Crippen molar-refractivity contribution in [2.24, 2.45) is 0 Å². The summed E-state index contributed by atoms with van der Waals surface area (Å²) in [4.78, 5) is 26.2. The van der Waals surface area contributed by atoms with Crippen LogP contribution in [0.2, 0.25) is 5.02 Å². The van der Waals surface area contributed by atoms with E-state index in [0.29, 0.717) is 43.9 Å². The molecule has 4 rings (SSSR count). The Morgan fingerprint density at radius 1 is 1.05 bits per heavy atom. The van der Waals surface area contributed by atoms with Crippen LogP contribution in [0.25, 0.3) is 5.70 Å².